The monoisotopic (exact) mass is 276 g/mol. The summed E-state index contributed by atoms with van der Waals surface area (Å²) in [6.45, 7) is 0.275. The van der Waals surface area contributed by atoms with E-state index in [4.69, 9.17) is 22.4 Å². The number of nitrogens with two attached hydrogens (primary N) is 1. The van der Waals surface area contributed by atoms with Crippen molar-refractivity contribution in [3.63, 3.8) is 0 Å². The number of rotatable bonds is 4. The summed E-state index contributed by atoms with van der Waals surface area (Å²) in [5.74, 6) is -0.987. The van der Waals surface area contributed by atoms with Crippen LogP contribution >= 0.6 is 11.6 Å². The molecule has 2 aromatic rings. The van der Waals surface area contributed by atoms with Gasteiger partial charge >= 0.3 is 5.97 Å². The maximum absolute atomic E-state index is 11.1. The Morgan fingerprint density at radius 1 is 1.16 bits per heavy atom. The van der Waals surface area contributed by atoms with Gasteiger partial charge in [-0.05, 0) is 24.3 Å². The molecule has 5 heteroatoms. The molecule has 2 rings (SSSR count). The Kier molecular flexibility index (Phi) is 4.04. The van der Waals surface area contributed by atoms with Gasteiger partial charge in [0, 0.05) is 22.8 Å². The van der Waals surface area contributed by atoms with E-state index in [0.717, 1.165) is 5.56 Å². The van der Waals surface area contributed by atoms with Crippen LogP contribution in [0.5, 0.6) is 0 Å². The van der Waals surface area contributed by atoms with Gasteiger partial charge in [0.05, 0.1) is 11.3 Å². The van der Waals surface area contributed by atoms with E-state index in [-0.39, 0.29) is 12.1 Å². The van der Waals surface area contributed by atoms with Gasteiger partial charge in [-0.15, -0.1) is 0 Å². The van der Waals surface area contributed by atoms with Crippen molar-refractivity contribution in [2.24, 2.45) is 5.73 Å². The number of aromatic carboxylic acids is 1. The molecule has 0 saturated heterocycles. The lowest BCUT2D eigenvalue weighted by Gasteiger charge is -2.13. The lowest BCUT2D eigenvalue weighted by Crippen LogP contribution is -2.06. The SMILES string of the molecule is NCc1c(Cl)cccc1Nc1ccccc1C(=O)O. The molecule has 0 radical (unpaired) electrons. The first kappa shape index (κ1) is 13.4. The summed E-state index contributed by atoms with van der Waals surface area (Å²) in [5.41, 5.74) is 7.83. The summed E-state index contributed by atoms with van der Waals surface area (Å²) in [5, 5.41) is 12.8. The van der Waals surface area contributed by atoms with Crippen LogP contribution in [0.3, 0.4) is 0 Å². The number of nitrogens with one attached hydrogen (secondary N) is 1. The van der Waals surface area contributed by atoms with Crippen LogP contribution in [0.1, 0.15) is 15.9 Å². The van der Waals surface area contributed by atoms with Crippen LogP contribution in [0.4, 0.5) is 11.4 Å². The highest BCUT2D eigenvalue weighted by Gasteiger charge is 2.11. The average Bonchev–Trinajstić information content (AvgIpc) is 2.39. The van der Waals surface area contributed by atoms with E-state index in [1.54, 1.807) is 30.3 Å². The van der Waals surface area contributed by atoms with Crippen molar-refractivity contribution in [3.8, 4) is 0 Å². The second-order valence-corrected chi connectivity index (χ2v) is 4.35. The molecule has 0 aliphatic rings. The molecule has 98 valence electrons. The number of benzene rings is 2. The number of carbonyl (C=O) groups is 1. The molecule has 0 atom stereocenters. The maximum Gasteiger partial charge on any atom is 0.337 e. The zero-order chi connectivity index (χ0) is 13.8. The van der Waals surface area contributed by atoms with Gasteiger partial charge in [-0.25, -0.2) is 4.79 Å². The summed E-state index contributed by atoms with van der Waals surface area (Å²) in [6.07, 6.45) is 0. The smallest absolute Gasteiger partial charge is 0.337 e. The molecule has 0 unspecified atom stereocenters. The fourth-order valence-electron chi connectivity index (χ4n) is 1.81. The number of carboxylic acid groups (broad SMARTS) is 1. The molecule has 0 aromatic heterocycles. The molecule has 0 aliphatic heterocycles. The van der Waals surface area contributed by atoms with Gasteiger partial charge in [0.1, 0.15) is 0 Å². The van der Waals surface area contributed by atoms with Gasteiger partial charge in [0.2, 0.25) is 0 Å². The third-order valence-corrected chi connectivity index (χ3v) is 3.10. The van der Waals surface area contributed by atoms with Crippen LogP contribution in [-0.4, -0.2) is 11.1 Å². The van der Waals surface area contributed by atoms with Gasteiger partial charge in [-0.3, -0.25) is 0 Å². The van der Waals surface area contributed by atoms with Gasteiger partial charge in [0.15, 0.2) is 0 Å². The minimum Gasteiger partial charge on any atom is -0.478 e. The van der Waals surface area contributed by atoms with E-state index in [9.17, 15) is 4.79 Å². The van der Waals surface area contributed by atoms with Gasteiger partial charge in [-0.2, -0.15) is 0 Å². The van der Waals surface area contributed by atoms with E-state index in [1.807, 2.05) is 6.07 Å². The highest BCUT2D eigenvalue weighted by molar-refractivity contribution is 6.31. The third kappa shape index (κ3) is 2.86. The molecule has 0 bridgehead atoms. The minimum absolute atomic E-state index is 0.199. The fourth-order valence-corrected chi connectivity index (χ4v) is 2.06. The molecule has 0 aliphatic carbocycles. The largest absolute Gasteiger partial charge is 0.478 e. The van der Waals surface area contributed by atoms with Crippen LogP contribution in [0, 0.1) is 0 Å². The van der Waals surface area contributed by atoms with Crippen molar-refractivity contribution >= 4 is 28.9 Å². The zero-order valence-corrected chi connectivity index (χ0v) is 10.8. The summed E-state index contributed by atoms with van der Waals surface area (Å²) in [4.78, 5) is 11.1. The predicted octanol–water partition coefficient (Wildman–Crippen LogP) is 3.24. The highest BCUT2D eigenvalue weighted by atomic mass is 35.5. The van der Waals surface area contributed by atoms with Crippen LogP contribution in [0.2, 0.25) is 5.02 Å². The lowest BCUT2D eigenvalue weighted by atomic mass is 10.1. The highest BCUT2D eigenvalue weighted by Crippen LogP contribution is 2.28. The van der Waals surface area contributed by atoms with E-state index < -0.39 is 5.97 Å². The van der Waals surface area contributed by atoms with Crippen molar-refractivity contribution in [1.82, 2.24) is 0 Å². The standard InChI is InChI=1S/C14H13ClN2O2/c15-11-5-3-7-13(10(11)8-16)17-12-6-2-1-4-9(12)14(18)19/h1-7,17H,8,16H2,(H,18,19). The molecule has 4 N–H and O–H groups in total. The van der Waals surface area contributed by atoms with Crippen LogP contribution in [0.25, 0.3) is 0 Å². The van der Waals surface area contributed by atoms with E-state index >= 15 is 0 Å². The molecule has 0 spiro atoms. The first-order valence-corrected chi connectivity index (χ1v) is 6.08. The Morgan fingerprint density at radius 2 is 1.84 bits per heavy atom. The summed E-state index contributed by atoms with van der Waals surface area (Å²) < 4.78 is 0. The van der Waals surface area contributed by atoms with Gasteiger partial charge in [-0.1, -0.05) is 29.8 Å². The lowest BCUT2D eigenvalue weighted by molar-refractivity contribution is 0.0698. The second kappa shape index (κ2) is 5.73. The van der Waals surface area contributed by atoms with Crippen molar-refractivity contribution in [1.29, 1.82) is 0 Å². The Morgan fingerprint density at radius 3 is 2.53 bits per heavy atom. The van der Waals surface area contributed by atoms with Crippen LogP contribution in [-0.2, 0) is 6.54 Å². The molecule has 0 saturated carbocycles. The van der Waals surface area contributed by atoms with Crippen LogP contribution < -0.4 is 11.1 Å². The summed E-state index contributed by atoms with van der Waals surface area (Å²) >= 11 is 6.06. The molecular formula is C14H13ClN2O2. The second-order valence-electron chi connectivity index (χ2n) is 3.95. The Hall–Kier alpha value is -2.04. The minimum atomic E-state index is -0.987. The number of anilines is 2. The normalized spacial score (nSPS) is 10.2. The molecule has 0 heterocycles. The molecule has 0 fully saturated rings. The Labute approximate surface area is 115 Å². The molecule has 2 aromatic carbocycles. The molecule has 19 heavy (non-hydrogen) atoms. The quantitative estimate of drug-likeness (QED) is 0.801. The Balaban J connectivity index is 2.42. The predicted molar refractivity (Wildman–Crippen MR) is 76.0 cm³/mol. The van der Waals surface area contributed by atoms with Crippen molar-refractivity contribution in [2.75, 3.05) is 5.32 Å². The molecular weight excluding hydrogens is 264 g/mol. The fraction of sp³-hybridized carbons (Fsp3) is 0.0714. The first-order chi connectivity index (χ1) is 9.13. The van der Waals surface area contributed by atoms with Gasteiger partial charge in [0.25, 0.3) is 0 Å². The van der Waals surface area contributed by atoms with Crippen LogP contribution in [0.15, 0.2) is 42.5 Å². The Bertz CT molecular complexity index is 614. The van der Waals surface area contributed by atoms with E-state index in [2.05, 4.69) is 5.32 Å². The van der Waals surface area contributed by atoms with Crippen molar-refractivity contribution in [2.45, 2.75) is 6.54 Å². The van der Waals surface area contributed by atoms with E-state index in [1.165, 1.54) is 6.07 Å². The summed E-state index contributed by atoms with van der Waals surface area (Å²) in [7, 11) is 0. The number of hydrogen-bond donors (Lipinski definition) is 3. The van der Waals surface area contributed by atoms with E-state index in [0.29, 0.717) is 16.4 Å². The van der Waals surface area contributed by atoms with Gasteiger partial charge < -0.3 is 16.2 Å². The average molecular weight is 277 g/mol. The first-order valence-electron chi connectivity index (χ1n) is 5.70. The molecule has 0 amide bonds. The number of carboxylic acids is 1. The number of hydrogen-bond acceptors (Lipinski definition) is 3. The number of para-hydroxylation sites is 1. The number of halogens is 1. The van der Waals surface area contributed by atoms with Crippen molar-refractivity contribution < 1.29 is 9.90 Å². The third-order valence-electron chi connectivity index (χ3n) is 2.75. The van der Waals surface area contributed by atoms with Crippen molar-refractivity contribution in [3.05, 3.63) is 58.6 Å². The topological polar surface area (TPSA) is 75.3 Å². The zero-order valence-electron chi connectivity index (χ0n) is 10.1. The molecule has 4 nitrogen and oxygen atoms in total. The summed E-state index contributed by atoms with van der Waals surface area (Å²) in [6, 6.07) is 12.0. The maximum atomic E-state index is 11.1.